The standard InChI is InChI=1S/C25H40N4O11/c1-10(30)19-18(33)17(32)15(28)24(38-19)39-20-12(27)7-13(29-23(35)11-5-3-2-4-6-11)16(31)21(20)40-25(36)9-37-14(8-26)22(25)34/h2-6,10,12-22,24,30-34,36H,7-9,26-28H2,1H3,(H,29,35)/t10-,12?,13-,14-,15?,16?,17?,18+,19?,20-,21?,22?,24-,25-/m1/s1. The Morgan fingerprint density at radius 1 is 1.12 bits per heavy atom. The molecule has 2 aliphatic heterocycles. The molecule has 1 aromatic rings. The van der Waals surface area contributed by atoms with Crippen LogP contribution in [0.2, 0.25) is 0 Å². The molecule has 0 bridgehead atoms. The molecule has 4 rings (SSSR count). The Kier molecular flexibility index (Phi) is 9.79. The van der Waals surface area contributed by atoms with Gasteiger partial charge in [-0.05, 0) is 25.5 Å². The van der Waals surface area contributed by atoms with Crippen LogP contribution in [0.3, 0.4) is 0 Å². The van der Waals surface area contributed by atoms with Gasteiger partial charge in [-0.1, -0.05) is 18.2 Å². The van der Waals surface area contributed by atoms with Crippen LogP contribution in [0.15, 0.2) is 30.3 Å². The summed E-state index contributed by atoms with van der Waals surface area (Å²) in [7, 11) is 0. The summed E-state index contributed by atoms with van der Waals surface area (Å²) in [5.41, 5.74) is 18.4. The summed E-state index contributed by atoms with van der Waals surface area (Å²) in [6, 6.07) is 5.05. The molecule has 40 heavy (non-hydrogen) atoms. The number of aliphatic hydroxyl groups is 6. The van der Waals surface area contributed by atoms with Gasteiger partial charge in [0.25, 0.3) is 5.91 Å². The zero-order chi connectivity index (χ0) is 29.4. The van der Waals surface area contributed by atoms with Crippen LogP contribution in [0.1, 0.15) is 23.7 Å². The van der Waals surface area contributed by atoms with Gasteiger partial charge in [0.15, 0.2) is 6.29 Å². The number of aliphatic hydroxyl groups excluding tert-OH is 5. The van der Waals surface area contributed by atoms with Crippen LogP contribution in [-0.4, -0.2) is 135 Å². The Hall–Kier alpha value is -1.83. The maximum Gasteiger partial charge on any atom is 0.251 e. The average molecular weight is 573 g/mol. The van der Waals surface area contributed by atoms with E-state index in [-0.39, 0.29) is 13.0 Å². The maximum absolute atomic E-state index is 12.9. The molecular formula is C25H40N4O11. The number of nitrogens with two attached hydrogens (primary N) is 3. The van der Waals surface area contributed by atoms with Gasteiger partial charge in [0, 0.05) is 18.2 Å². The first kappa shape index (κ1) is 31.1. The lowest BCUT2D eigenvalue weighted by Crippen LogP contribution is -2.70. The molecule has 15 nitrogen and oxygen atoms in total. The van der Waals surface area contributed by atoms with E-state index in [1.54, 1.807) is 30.3 Å². The van der Waals surface area contributed by atoms with Crippen LogP contribution in [0.5, 0.6) is 0 Å². The Morgan fingerprint density at radius 3 is 2.40 bits per heavy atom. The molecular weight excluding hydrogens is 532 g/mol. The minimum Gasteiger partial charge on any atom is -0.391 e. The average Bonchev–Trinajstić information content (AvgIpc) is 3.22. The highest BCUT2D eigenvalue weighted by molar-refractivity contribution is 5.94. The molecule has 15 heteroatoms. The summed E-state index contributed by atoms with van der Waals surface area (Å²) in [5.74, 6) is -2.81. The van der Waals surface area contributed by atoms with Crippen LogP contribution in [-0.2, 0) is 18.9 Å². The smallest absolute Gasteiger partial charge is 0.251 e. The summed E-state index contributed by atoms with van der Waals surface area (Å²) in [6.07, 6.45) is -13.8. The van der Waals surface area contributed by atoms with Crippen molar-refractivity contribution in [2.45, 2.75) is 98.5 Å². The van der Waals surface area contributed by atoms with Crippen LogP contribution in [0.4, 0.5) is 0 Å². The van der Waals surface area contributed by atoms with Crippen LogP contribution in [0.25, 0.3) is 0 Å². The van der Waals surface area contributed by atoms with Crippen molar-refractivity contribution < 1.29 is 54.4 Å². The number of amides is 1. The first-order valence-corrected chi connectivity index (χ1v) is 13.2. The van der Waals surface area contributed by atoms with E-state index in [1.165, 1.54) is 6.92 Å². The topological polar surface area (TPSA) is 265 Å². The van der Waals surface area contributed by atoms with E-state index in [4.69, 9.17) is 36.1 Å². The second-order valence-electron chi connectivity index (χ2n) is 10.7. The third-order valence-corrected chi connectivity index (χ3v) is 7.72. The lowest BCUT2D eigenvalue weighted by Gasteiger charge is -2.49. The zero-order valence-electron chi connectivity index (χ0n) is 22.0. The van der Waals surface area contributed by atoms with Crippen molar-refractivity contribution in [1.82, 2.24) is 5.32 Å². The Bertz CT molecular complexity index is 993. The molecule has 7 unspecified atom stereocenters. The molecule has 1 aliphatic carbocycles. The number of carbonyl (C=O) groups excluding carboxylic acids is 1. The van der Waals surface area contributed by atoms with E-state index >= 15 is 0 Å². The molecule has 2 saturated heterocycles. The first-order valence-electron chi connectivity index (χ1n) is 13.2. The molecule has 0 aromatic heterocycles. The molecule has 1 saturated carbocycles. The van der Waals surface area contributed by atoms with Crippen LogP contribution < -0.4 is 22.5 Å². The Labute approximate surface area is 230 Å². The fourth-order valence-electron chi connectivity index (χ4n) is 5.35. The minimum atomic E-state index is -2.32. The molecule has 3 aliphatic rings. The highest BCUT2D eigenvalue weighted by Gasteiger charge is 2.56. The molecule has 3 fully saturated rings. The van der Waals surface area contributed by atoms with Gasteiger partial charge in [-0.15, -0.1) is 0 Å². The quantitative estimate of drug-likeness (QED) is 0.131. The van der Waals surface area contributed by atoms with Gasteiger partial charge >= 0.3 is 0 Å². The molecule has 1 aromatic carbocycles. The molecule has 0 spiro atoms. The minimum absolute atomic E-state index is 0.0137. The molecule has 226 valence electrons. The summed E-state index contributed by atoms with van der Waals surface area (Å²) in [6.45, 7) is 0.735. The van der Waals surface area contributed by atoms with Gasteiger partial charge in [-0.2, -0.15) is 0 Å². The third-order valence-electron chi connectivity index (χ3n) is 7.72. The number of rotatable bonds is 8. The van der Waals surface area contributed by atoms with Crippen LogP contribution in [0, 0.1) is 0 Å². The monoisotopic (exact) mass is 572 g/mol. The van der Waals surface area contributed by atoms with E-state index in [2.05, 4.69) is 5.32 Å². The Morgan fingerprint density at radius 2 is 1.80 bits per heavy atom. The molecule has 0 radical (unpaired) electrons. The highest BCUT2D eigenvalue weighted by Crippen LogP contribution is 2.35. The van der Waals surface area contributed by atoms with Crippen molar-refractivity contribution in [2.75, 3.05) is 13.2 Å². The largest absolute Gasteiger partial charge is 0.391 e. The number of hydrogen-bond acceptors (Lipinski definition) is 14. The first-order chi connectivity index (χ1) is 18.9. The van der Waals surface area contributed by atoms with Gasteiger partial charge in [-0.3, -0.25) is 4.79 Å². The van der Waals surface area contributed by atoms with E-state index < -0.39 is 97.7 Å². The summed E-state index contributed by atoms with van der Waals surface area (Å²) in [5, 5.41) is 66.6. The number of carbonyl (C=O) groups is 1. The normalized spacial score (nSPS) is 44.8. The fourth-order valence-corrected chi connectivity index (χ4v) is 5.35. The summed E-state index contributed by atoms with van der Waals surface area (Å²) < 4.78 is 22.9. The van der Waals surface area contributed by atoms with Crippen molar-refractivity contribution in [1.29, 1.82) is 0 Å². The summed E-state index contributed by atoms with van der Waals surface area (Å²) >= 11 is 0. The number of ether oxygens (including phenoxy) is 4. The predicted octanol–water partition coefficient (Wildman–Crippen LogP) is -4.79. The predicted molar refractivity (Wildman–Crippen MR) is 136 cm³/mol. The van der Waals surface area contributed by atoms with E-state index in [0.717, 1.165) is 0 Å². The SMILES string of the molecule is C[C@@H](O)C1O[C@H](O[C@@H]2C(N)C[C@@H](NC(=O)c3ccccc3)C(O)C2O[C@]2(O)CO[C@H](CN)C2O)C(N)C(O)[C@@H]1O. The molecule has 2 heterocycles. The maximum atomic E-state index is 12.9. The van der Waals surface area contributed by atoms with E-state index in [9.17, 15) is 35.4 Å². The third kappa shape index (κ3) is 6.17. The van der Waals surface area contributed by atoms with E-state index in [1.807, 2.05) is 0 Å². The lowest BCUT2D eigenvalue weighted by atomic mass is 9.83. The van der Waals surface area contributed by atoms with Gasteiger partial charge < -0.3 is 72.1 Å². The second kappa shape index (κ2) is 12.6. The van der Waals surface area contributed by atoms with Gasteiger partial charge in [0.2, 0.25) is 5.79 Å². The van der Waals surface area contributed by atoms with Gasteiger partial charge in [0.1, 0.15) is 55.4 Å². The fraction of sp³-hybridized carbons (Fsp3) is 0.720. The molecule has 1 amide bonds. The van der Waals surface area contributed by atoms with Crippen molar-refractivity contribution in [3.8, 4) is 0 Å². The summed E-state index contributed by atoms with van der Waals surface area (Å²) in [4.78, 5) is 12.9. The number of benzene rings is 1. The van der Waals surface area contributed by atoms with Crippen molar-refractivity contribution >= 4 is 5.91 Å². The van der Waals surface area contributed by atoms with Gasteiger partial charge in [0.05, 0.1) is 18.2 Å². The van der Waals surface area contributed by atoms with E-state index in [0.29, 0.717) is 5.56 Å². The number of nitrogens with one attached hydrogen (secondary N) is 1. The highest BCUT2D eigenvalue weighted by atomic mass is 16.7. The van der Waals surface area contributed by atoms with Crippen molar-refractivity contribution in [2.24, 2.45) is 17.2 Å². The van der Waals surface area contributed by atoms with Crippen molar-refractivity contribution in [3.63, 3.8) is 0 Å². The molecule has 13 N–H and O–H groups in total. The molecule has 14 atom stereocenters. The van der Waals surface area contributed by atoms with Gasteiger partial charge in [-0.25, -0.2) is 0 Å². The van der Waals surface area contributed by atoms with Crippen molar-refractivity contribution in [3.05, 3.63) is 35.9 Å². The zero-order valence-corrected chi connectivity index (χ0v) is 22.0. The van der Waals surface area contributed by atoms with Crippen LogP contribution >= 0.6 is 0 Å². The Balaban J connectivity index is 1.60. The lowest BCUT2D eigenvalue weighted by molar-refractivity contribution is -0.333. The number of hydrogen-bond donors (Lipinski definition) is 10. The second-order valence-corrected chi connectivity index (χ2v) is 10.7.